The largest absolute Gasteiger partial charge is 0.465 e. The molecule has 5 heteroatoms. The minimum atomic E-state index is -2.74. The maximum atomic E-state index is 11.7. The second kappa shape index (κ2) is 8.64. The molecule has 0 aromatic heterocycles. The van der Waals surface area contributed by atoms with E-state index in [2.05, 4.69) is 45.0 Å². The molecule has 154 valence electrons. The van der Waals surface area contributed by atoms with E-state index in [0.717, 1.165) is 6.29 Å². The highest BCUT2D eigenvalue weighted by atomic mass is 28.4. The summed E-state index contributed by atoms with van der Waals surface area (Å²) < 4.78 is 12.3. The second-order valence-corrected chi connectivity index (χ2v) is 13.1. The molecule has 0 radical (unpaired) electrons. The first-order valence-electron chi connectivity index (χ1n) is 10.2. The Morgan fingerprint density at radius 1 is 1.03 bits per heavy atom. The van der Waals surface area contributed by atoms with Crippen molar-refractivity contribution in [3.05, 3.63) is 60.7 Å². The highest BCUT2D eigenvalue weighted by Crippen LogP contribution is 2.43. The zero-order valence-corrected chi connectivity index (χ0v) is 18.6. The third kappa shape index (κ3) is 4.21. The van der Waals surface area contributed by atoms with Crippen molar-refractivity contribution < 1.29 is 18.8 Å². The van der Waals surface area contributed by atoms with E-state index in [1.807, 2.05) is 36.4 Å². The second-order valence-electron chi connectivity index (χ2n) is 8.84. The van der Waals surface area contributed by atoms with E-state index in [9.17, 15) is 9.59 Å². The normalized spacial score (nSPS) is 21.9. The monoisotopic (exact) mass is 410 g/mol. The molecule has 0 aliphatic heterocycles. The maximum absolute atomic E-state index is 11.7. The van der Waals surface area contributed by atoms with Crippen molar-refractivity contribution >= 4 is 30.9 Å². The predicted octanol–water partition coefficient (Wildman–Crippen LogP) is 3.33. The summed E-state index contributed by atoms with van der Waals surface area (Å²) in [5, 5.41) is 2.20. The summed E-state index contributed by atoms with van der Waals surface area (Å²) in [6, 6.07) is 20.8. The molecule has 0 unspecified atom stereocenters. The molecular weight excluding hydrogens is 380 g/mol. The Bertz CT molecular complexity index is 789. The molecule has 4 nitrogen and oxygen atoms in total. The molecule has 0 saturated heterocycles. The lowest BCUT2D eigenvalue weighted by molar-refractivity contribution is -0.148. The van der Waals surface area contributed by atoms with E-state index < -0.39 is 8.32 Å². The number of rotatable bonds is 7. The number of hydrogen-bond acceptors (Lipinski definition) is 4. The summed E-state index contributed by atoms with van der Waals surface area (Å²) >= 11 is 0. The van der Waals surface area contributed by atoms with Gasteiger partial charge in [-0.1, -0.05) is 81.4 Å². The molecule has 0 bridgehead atoms. The quantitative estimate of drug-likeness (QED) is 0.399. The molecule has 0 amide bonds. The lowest BCUT2D eigenvalue weighted by atomic mass is 9.73. The summed E-state index contributed by atoms with van der Waals surface area (Å²) in [4.78, 5) is 23.0. The number of aldehydes is 1. The van der Waals surface area contributed by atoms with Crippen LogP contribution in [-0.2, 0) is 18.8 Å². The summed E-state index contributed by atoms with van der Waals surface area (Å²) in [7, 11) is -2.74. The van der Waals surface area contributed by atoms with Crippen molar-refractivity contribution in [3.8, 4) is 0 Å². The fraction of sp³-hybridized carbons (Fsp3) is 0.417. The summed E-state index contributed by atoms with van der Waals surface area (Å²) in [5.41, 5.74) is 0. The average molecular weight is 411 g/mol. The van der Waals surface area contributed by atoms with Crippen LogP contribution in [0.2, 0.25) is 5.04 Å². The van der Waals surface area contributed by atoms with Crippen molar-refractivity contribution in [2.45, 2.75) is 45.3 Å². The van der Waals surface area contributed by atoms with Gasteiger partial charge < -0.3 is 14.0 Å². The van der Waals surface area contributed by atoms with Crippen molar-refractivity contribution in [3.63, 3.8) is 0 Å². The molecule has 3 rings (SSSR count). The molecule has 3 atom stereocenters. The first kappa shape index (κ1) is 21.5. The lowest BCUT2D eigenvalue weighted by Crippen LogP contribution is -2.70. The fourth-order valence-corrected chi connectivity index (χ4v) is 9.16. The molecule has 2 aromatic rings. The van der Waals surface area contributed by atoms with Crippen LogP contribution >= 0.6 is 0 Å². The van der Waals surface area contributed by atoms with Crippen LogP contribution in [0, 0.1) is 11.8 Å². The molecule has 0 N–H and O–H groups in total. The molecule has 1 aliphatic rings. The zero-order chi connectivity index (χ0) is 21.1. The minimum absolute atomic E-state index is 0.0377. The van der Waals surface area contributed by atoms with E-state index in [0.29, 0.717) is 13.0 Å². The van der Waals surface area contributed by atoms with Crippen LogP contribution < -0.4 is 10.4 Å². The fourth-order valence-electron chi connectivity index (χ4n) is 4.37. The number of ether oxygens (including phenoxy) is 1. The number of hydrogen-bond donors (Lipinski definition) is 0. The van der Waals surface area contributed by atoms with Crippen LogP contribution in [0.25, 0.3) is 0 Å². The molecule has 0 heterocycles. The Morgan fingerprint density at radius 3 is 1.97 bits per heavy atom. The van der Waals surface area contributed by atoms with Crippen molar-refractivity contribution in [2.75, 3.05) is 6.61 Å². The third-order valence-corrected chi connectivity index (χ3v) is 10.9. The maximum Gasteiger partial charge on any atom is 0.302 e. The van der Waals surface area contributed by atoms with Gasteiger partial charge in [0, 0.05) is 18.8 Å². The smallest absolute Gasteiger partial charge is 0.302 e. The molecular formula is C24H30O4Si. The van der Waals surface area contributed by atoms with Crippen LogP contribution in [0.1, 0.15) is 34.1 Å². The molecule has 1 saturated carbocycles. The van der Waals surface area contributed by atoms with Crippen LogP contribution in [-0.4, -0.2) is 33.3 Å². The van der Waals surface area contributed by atoms with Crippen molar-refractivity contribution in [1.82, 2.24) is 0 Å². The third-order valence-electron chi connectivity index (χ3n) is 5.87. The molecule has 29 heavy (non-hydrogen) atoms. The summed E-state index contributed by atoms with van der Waals surface area (Å²) in [5.74, 6) is -0.434. The Hall–Kier alpha value is -2.24. The van der Waals surface area contributed by atoms with Gasteiger partial charge in [0.15, 0.2) is 0 Å². The van der Waals surface area contributed by atoms with Gasteiger partial charge in [0.05, 0.1) is 12.7 Å². The first-order chi connectivity index (χ1) is 13.8. The predicted molar refractivity (Wildman–Crippen MR) is 117 cm³/mol. The van der Waals surface area contributed by atoms with Crippen LogP contribution in [0.5, 0.6) is 0 Å². The summed E-state index contributed by atoms with van der Waals surface area (Å²) in [6.07, 6.45) is 1.44. The Morgan fingerprint density at radius 2 is 1.55 bits per heavy atom. The molecule has 1 fully saturated rings. The van der Waals surface area contributed by atoms with Gasteiger partial charge in [-0.05, 0) is 21.8 Å². The minimum Gasteiger partial charge on any atom is -0.465 e. The van der Waals surface area contributed by atoms with Gasteiger partial charge in [0.25, 0.3) is 8.32 Å². The Balaban J connectivity index is 2.07. The van der Waals surface area contributed by atoms with Crippen LogP contribution in [0.4, 0.5) is 0 Å². The van der Waals surface area contributed by atoms with E-state index in [4.69, 9.17) is 9.16 Å². The highest BCUT2D eigenvalue weighted by Gasteiger charge is 2.55. The van der Waals surface area contributed by atoms with Gasteiger partial charge in [0.1, 0.15) is 6.29 Å². The standard InChI is InChI=1S/C24H30O4Si/c1-18(26)27-17-20-15-19(16-25)23(20)28-29(24(2,3)4,21-11-7-5-8-12-21)22-13-9-6-10-14-22/h5-14,16,19-20,23H,15,17H2,1-4H3/t19-,20+,23+/m0/s1. The van der Waals surface area contributed by atoms with Crippen molar-refractivity contribution in [1.29, 1.82) is 0 Å². The lowest BCUT2D eigenvalue weighted by Gasteiger charge is -2.51. The molecule has 0 spiro atoms. The zero-order valence-electron chi connectivity index (χ0n) is 17.6. The SMILES string of the molecule is CC(=O)OC[C@H]1C[C@@H](C=O)[C@H]1O[Si](c1ccccc1)(c1ccccc1)C(C)(C)C. The molecule has 1 aliphatic carbocycles. The number of benzene rings is 2. The van der Waals surface area contributed by atoms with Crippen LogP contribution in [0.15, 0.2) is 60.7 Å². The van der Waals surface area contributed by atoms with Gasteiger partial charge in [-0.15, -0.1) is 0 Å². The van der Waals surface area contributed by atoms with Gasteiger partial charge >= 0.3 is 5.97 Å². The first-order valence-corrected chi connectivity index (χ1v) is 12.1. The number of esters is 1. The van der Waals surface area contributed by atoms with Crippen LogP contribution in [0.3, 0.4) is 0 Å². The van der Waals surface area contributed by atoms with E-state index in [1.54, 1.807) is 0 Å². The number of carbonyl (C=O) groups excluding carboxylic acids is 2. The van der Waals surface area contributed by atoms with Crippen molar-refractivity contribution in [2.24, 2.45) is 11.8 Å². The molecule has 2 aromatic carbocycles. The average Bonchev–Trinajstić information content (AvgIpc) is 2.68. The topological polar surface area (TPSA) is 52.6 Å². The van der Waals surface area contributed by atoms with Gasteiger partial charge in [0.2, 0.25) is 0 Å². The Kier molecular flexibility index (Phi) is 6.39. The van der Waals surface area contributed by atoms with Gasteiger partial charge in [-0.2, -0.15) is 0 Å². The number of carbonyl (C=O) groups is 2. The van der Waals surface area contributed by atoms with Gasteiger partial charge in [-0.25, -0.2) is 0 Å². The van der Waals surface area contributed by atoms with E-state index in [1.165, 1.54) is 17.3 Å². The summed E-state index contributed by atoms with van der Waals surface area (Å²) in [6.45, 7) is 8.36. The van der Waals surface area contributed by atoms with E-state index in [-0.39, 0.29) is 28.9 Å². The highest BCUT2D eigenvalue weighted by molar-refractivity contribution is 6.99. The Labute approximate surface area is 174 Å². The van der Waals surface area contributed by atoms with E-state index >= 15 is 0 Å². The van der Waals surface area contributed by atoms with Gasteiger partial charge in [-0.3, -0.25) is 4.79 Å².